The lowest BCUT2D eigenvalue weighted by Gasteiger charge is -2.13. The molecule has 0 radical (unpaired) electrons. The van der Waals surface area contributed by atoms with E-state index < -0.39 is 5.91 Å². The van der Waals surface area contributed by atoms with Crippen LogP contribution in [0.15, 0.2) is 11.6 Å². The third-order valence-electron chi connectivity index (χ3n) is 3.00. The van der Waals surface area contributed by atoms with Gasteiger partial charge in [-0.1, -0.05) is 6.07 Å². The van der Waals surface area contributed by atoms with E-state index in [1.54, 1.807) is 0 Å². The van der Waals surface area contributed by atoms with Gasteiger partial charge in [-0.05, 0) is 54.7 Å². The molecule has 0 saturated heterocycles. The molecule has 0 saturated carbocycles. The van der Waals surface area contributed by atoms with Crippen LogP contribution in [0.1, 0.15) is 27.8 Å². The number of primary amides is 1. The number of carbonyl (C=O) groups is 1. The normalized spacial score (nSPS) is 11.2. The maximum Gasteiger partial charge on any atom is 0.259 e. The molecule has 1 aromatic rings. The largest absolute Gasteiger partial charge is 0.365 e. The minimum Gasteiger partial charge on any atom is -0.365 e. The predicted molar refractivity (Wildman–Crippen MR) is 73.0 cm³/mol. The predicted octanol–water partition coefficient (Wildman–Crippen LogP) is 2.74. The number of hydrogen-bond acceptors (Lipinski definition) is 2. The number of nitrogens with zero attached hydrogens (tertiary/aromatic N) is 1. The molecule has 2 N–H and O–H groups in total. The number of nitriles is 1. The summed E-state index contributed by atoms with van der Waals surface area (Å²) in [6, 6.07) is 3.80. The van der Waals surface area contributed by atoms with Crippen molar-refractivity contribution in [1.82, 2.24) is 0 Å². The Morgan fingerprint density at radius 3 is 2.50 bits per heavy atom. The maximum atomic E-state index is 11.1. The van der Waals surface area contributed by atoms with E-state index in [0.717, 1.165) is 27.8 Å². The van der Waals surface area contributed by atoms with Crippen LogP contribution < -0.4 is 5.73 Å². The molecule has 1 amide bonds. The number of rotatable bonds is 3. The second-order valence-corrected chi connectivity index (χ2v) is 4.46. The molecule has 1 aromatic carbocycles. The molecule has 0 unspecified atom stereocenters. The van der Waals surface area contributed by atoms with Crippen LogP contribution in [0.5, 0.6) is 0 Å². The lowest BCUT2D eigenvalue weighted by Crippen LogP contribution is -2.12. The summed E-state index contributed by atoms with van der Waals surface area (Å²) in [5.74, 6) is -0.318. The van der Waals surface area contributed by atoms with Gasteiger partial charge in [0.05, 0.1) is 0 Å². The van der Waals surface area contributed by atoms with Gasteiger partial charge < -0.3 is 5.73 Å². The molecular formula is C14H15ClN2O. The summed E-state index contributed by atoms with van der Waals surface area (Å²) < 4.78 is 0. The summed E-state index contributed by atoms with van der Waals surface area (Å²) in [4.78, 5) is 11.1. The molecule has 0 aliphatic rings. The standard InChI is InChI=1S/C14H15ClN2O/c1-8-4-9(2)13(6-15)10(3)12(8)5-11(7-16)14(17)18/h4-5H,6H2,1-3H3,(H2,17,18)/b11-5+. The molecule has 0 aromatic heterocycles. The number of halogens is 1. The van der Waals surface area contributed by atoms with E-state index in [1.165, 1.54) is 6.08 Å². The number of hydrogen-bond donors (Lipinski definition) is 1. The Hall–Kier alpha value is -1.79. The lowest BCUT2D eigenvalue weighted by atomic mass is 9.93. The SMILES string of the molecule is Cc1cc(C)c(CCl)c(C)c1/C=C(\C#N)C(N)=O. The van der Waals surface area contributed by atoms with Gasteiger partial charge in [-0.2, -0.15) is 5.26 Å². The minimum atomic E-state index is -0.718. The molecule has 0 spiro atoms. The van der Waals surface area contributed by atoms with E-state index in [0.29, 0.717) is 5.88 Å². The number of amides is 1. The Kier molecular flexibility index (Phi) is 4.52. The van der Waals surface area contributed by atoms with Gasteiger partial charge in [0.15, 0.2) is 0 Å². The molecular weight excluding hydrogens is 248 g/mol. The van der Waals surface area contributed by atoms with Gasteiger partial charge >= 0.3 is 0 Å². The van der Waals surface area contributed by atoms with Crippen molar-refractivity contribution < 1.29 is 4.79 Å². The van der Waals surface area contributed by atoms with Crippen molar-refractivity contribution in [3.63, 3.8) is 0 Å². The average Bonchev–Trinajstić information content (AvgIpc) is 2.28. The highest BCUT2D eigenvalue weighted by Crippen LogP contribution is 2.25. The molecule has 94 valence electrons. The highest BCUT2D eigenvalue weighted by Gasteiger charge is 2.11. The first-order valence-corrected chi connectivity index (χ1v) is 6.03. The van der Waals surface area contributed by atoms with Gasteiger partial charge in [0.1, 0.15) is 11.6 Å². The quantitative estimate of drug-likeness (QED) is 0.517. The van der Waals surface area contributed by atoms with Crippen molar-refractivity contribution in [1.29, 1.82) is 5.26 Å². The Morgan fingerprint density at radius 2 is 2.06 bits per heavy atom. The van der Waals surface area contributed by atoms with Crippen molar-refractivity contribution in [2.24, 2.45) is 5.73 Å². The minimum absolute atomic E-state index is 0.0504. The third-order valence-corrected chi connectivity index (χ3v) is 3.27. The summed E-state index contributed by atoms with van der Waals surface area (Å²) >= 11 is 5.92. The van der Waals surface area contributed by atoms with Gasteiger partial charge in [0.25, 0.3) is 5.91 Å². The number of benzene rings is 1. The van der Waals surface area contributed by atoms with E-state index in [1.807, 2.05) is 32.9 Å². The smallest absolute Gasteiger partial charge is 0.259 e. The topological polar surface area (TPSA) is 66.9 Å². The van der Waals surface area contributed by atoms with E-state index in [9.17, 15) is 4.79 Å². The summed E-state index contributed by atoms with van der Waals surface area (Å²) in [7, 11) is 0. The van der Waals surface area contributed by atoms with Crippen LogP contribution in [0, 0.1) is 32.1 Å². The second kappa shape index (κ2) is 5.70. The molecule has 3 nitrogen and oxygen atoms in total. The first-order valence-electron chi connectivity index (χ1n) is 5.49. The van der Waals surface area contributed by atoms with E-state index in [2.05, 4.69) is 0 Å². The molecule has 1 rings (SSSR count). The molecule has 0 heterocycles. The Labute approximate surface area is 112 Å². The number of alkyl halides is 1. The monoisotopic (exact) mass is 262 g/mol. The van der Waals surface area contributed by atoms with E-state index in [4.69, 9.17) is 22.6 Å². The first kappa shape index (κ1) is 14.3. The Balaban J connectivity index is 3.52. The van der Waals surface area contributed by atoms with Gasteiger partial charge in [-0.15, -0.1) is 11.6 Å². The molecule has 0 aliphatic heterocycles. The highest BCUT2D eigenvalue weighted by atomic mass is 35.5. The third kappa shape index (κ3) is 2.72. The highest BCUT2D eigenvalue weighted by molar-refractivity contribution is 6.17. The zero-order valence-corrected chi connectivity index (χ0v) is 11.4. The number of aryl methyl sites for hydroxylation is 2. The summed E-state index contributed by atoms with van der Waals surface area (Å²) in [6.07, 6.45) is 1.53. The van der Waals surface area contributed by atoms with Gasteiger partial charge in [0.2, 0.25) is 0 Å². The van der Waals surface area contributed by atoms with Crippen molar-refractivity contribution in [3.8, 4) is 6.07 Å². The summed E-state index contributed by atoms with van der Waals surface area (Å²) in [5.41, 5.74) is 10.0. The van der Waals surface area contributed by atoms with Gasteiger partial charge in [0, 0.05) is 5.88 Å². The molecule has 0 bridgehead atoms. The fourth-order valence-corrected chi connectivity index (χ4v) is 2.39. The molecule has 18 heavy (non-hydrogen) atoms. The van der Waals surface area contributed by atoms with E-state index >= 15 is 0 Å². The van der Waals surface area contributed by atoms with Gasteiger partial charge in [-0.25, -0.2) is 0 Å². The fourth-order valence-electron chi connectivity index (χ4n) is 1.97. The van der Waals surface area contributed by atoms with Crippen LogP contribution in [-0.4, -0.2) is 5.91 Å². The van der Waals surface area contributed by atoms with Crippen molar-refractivity contribution in [3.05, 3.63) is 39.5 Å². The van der Waals surface area contributed by atoms with Crippen molar-refractivity contribution in [2.75, 3.05) is 0 Å². The number of carbonyl (C=O) groups excluding carboxylic acids is 1. The Bertz CT molecular complexity index is 568. The summed E-state index contributed by atoms with van der Waals surface area (Å²) in [5, 5.41) is 8.88. The second-order valence-electron chi connectivity index (χ2n) is 4.20. The van der Waals surface area contributed by atoms with Gasteiger partial charge in [-0.3, -0.25) is 4.79 Å². The fraction of sp³-hybridized carbons (Fsp3) is 0.286. The van der Waals surface area contributed by atoms with E-state index in [-0.39, 0.29) is 5.57 Å². The lowest BCUT2D eigenvalue weighted by molar-refractivity contribution is -0.114. The van der Waals surface area contributed by atoms with Crippen LogP contribution >= 0.6 is 11.6 Å². The Morgan fingerprint density at radius 1 is 1.44 bits per heavy atom. The number of nitrogens with two attached hydrogens (primary N) is 1. The molecule has 0 atom stereocenters. The van der Waals surface area contributed by atoms with Crippen LogP contribution in [0.25, 0.3) is 6.08 Å². The first-order chi connectivity index (χ1) is 8.42. The zero-order chi connectivity index (χ0) is 13.9. The average molecular weight is 263 g/mol. The van der Waals surface area contributed by atoms with Crippen LogP contribution in [0.4, 0.5) is 0 Å². The van der Waals surface area contributed by atoms with Crippen LogP contribution in [-0.2, 0) is 10.7 Å². The van der Waals surface area contributed by atoms with Crippen LogP contribution in [0.2, 0.25) is 0 Å². The maximum absolute atomic E-state index is 11.1. The van der Waals surface area contributed by atoms with Crippen molar-refractivity contribution >= 4 is 23.6 Å². The molecule has 4 heteroatoms. The molecule has 0 fully saturated rings. The summed E-state index contributed by atoms with van der Waals surface area (Å²) in [6.45, 7) is 5.85. The van der Waals surface area contributed by atoms with Crippen LogP contribution in [0.3, 0.4) is 0 Å². The van der Waals surface area contributed by atoms with Crippen molar-refractivity contribution in [2.45, 2.75) is 26.7 Å². The zero-order valence-electron chi connectivity index (χ0n) is 10.7. The molecule has 0 aliphatic carbocycles.